The van der Waals surface area contributed by atoms with E-state index in [1.165, 1.54) is 0 Å². The number of ether oxygens (including phenoxy) is 1. The van der Waals surface area contributed by atoms with Gasteiger partial charge in [0.1, 0.15) is 11.4 Å². The molecule has 0 N–H and O–H groups in total. The number of rotatable bonds is 21. The van der Waals surface area contributed by atoms with Gasteiger partial charge in [-0.25, -0.2) is 8.42 Å². The smallest absolute Gasteiger partial charge is 0.306 e. The lowest BCUT2D eigenvalue weighted by Gasteiger charge is -2.44. The number of esters is 1. The predicted molar refractivity (Wildman–Crippen MR) is 229 cm³/mol. The Morgan fingerprint density at radius 3 is 1.97 bits per heavy atom. The van der Waals surface area contributed by atoms with Crippen molar-refractivity contribution in [1.82, 2.24) is 4.90 Å². The van der Waals surface area contributed by atoms with Crippen LogP contribution in [0.5, 0.6) is 0 Å². The maximum absolute atomic E-state index is 15.2. The fraction of sp³-hybridized carbons (Fsp3) is 0.875. The second-order valence-corrected chi connectivity index (χ2v) is 24.9. The molecule has 1 heterocycles. The van der Waals surface area contributed by atoms with Crippen molar-refractivity contribution in [1.29, 1.82) is 0 Å². The molecular formula is C48H77NO9S. The number of hydrogen-bond donors (Lipinski definition) is 0. The first-order valence-electron chi connectivity index (χ1n) is 23.2. The van der Waals surface area contributed by atoms with Crippen molar-refractivity contribution in [3.8, 4) is 0 Å². The van der Waals surface area contributed by atoms with Gasteiger partial charge in [-0.2, -0.15) is 0 Å². The Kier molecular flexibility index (Phi) is 14.6. The second-order valence-electron chi connectivity index (χ2n) is 22.3. The molecule has 0 aromatic heterocycles. The molecule has 5 aliphatic rings. The molecule has 5 atom stereocenters. The van der Waals surface area contributed by atoms with Gasteiger partial charge in [-0.3, -0.25) is 28.8 Å². The molecule has 5 fully saturated rings. The van der Waals surface area contributed by atoms with Crippen molar-refractivity contribution in [2.75, 3.05) is 12.3 Å². The molecule has 5 rings (SSSR count). The fourth-order valence-electron chi connectivity index (χ4n) is 11.2. The van der Waals surface area contributed by atoms with Crippen LogP contribution in [-0.2, 0) is 43.3 Å². The van der Waals surface area contributed by atoms with Crippen molar-refractivity contribution in [3.05, 3.63) is 0 Å². The van der Waals surface area contributed by atoms with Gasteiger partial charge in [0.2, 0.25) is 11.7 Å². The van der Waals surface area contributed by atoms with E-state index in [9.17, 15) is 32.4 Å². The van der Waals surface area contributed by atoms with Crippen LogP contribution in [0, 0.1) is 45.8 Å². The standard InChI is InChI=1S/C48H77NO9S/c1-10-45(5,6)59(56,57)31-48(24-15-12-16-25-48)29-34(50)28-35(47(9)22-13-11-14-23-47)43(55)49-30-36-40(46(36,7)8)41(49)38(52)27-33(26-32-20-21-32)42(54)37(51)18-17-19-39(53)58-44(2,3)4/h32-33,35-36,40-41H,10-31H2,1-9H3/t33?,35-,36?,40+,41-/m1/s1. The second kappa shape index (κ2) is 18.1. The van der Waals surface area contributed by atoms with E-state index in [1.807, 2.05) is 6.92 Å². The molecule has 0 aromatic carbocycles. The van der Waals surface area contributed by atoms with Crippen molar-refractivity contribution in [2.24, 2.45) is 45.8 Å². The minimum absolute atomic E-state index is 0.0173. The Morgan fingerprint density at radius 2 is 1.41 bits per heavy atom. The molecule has 4 saturated carbocycles. The zero-order valence-electron chi connectivity index (χ0n) is 38.1. The first-order chi connectivity index (χ1) is 27.4. The molecule has 1 aliphatic heterocycles. The summed E-state index contributed by atoms with van der Waals surface area (Å²) in [5.74, 6) is -3.02. The number of sulfone groups is 1. The molecule has 1 saturated heterocycles. The van der Waals surface area contributed by atoms with Crippen LogP contribution < -0.4 is 0 Å². The maximum atomic E-state index is 15.2. The minimum atomic E-state index is -3.50. The molecule has 4 aliphatic carbocycles. The van der Waals surface area contributed by atoms with Gasteiger partial charge in [0.05, 0.1) is 22.5 Å². The number of Topliss-reactive ketones (excluding diaryl/α,β-unsaturated/α-hetero) is 4. The summed E-state index contributed by atoms with van der Waals surface area (Å²) in [5.41, 5.74) is -1.88. The largest absolute Gasteiger partial charge is 0.460 e. The molecule has 11 heteroatoms. The summed E-state index contributed by atoms with van der Waals surface area (Å²) in [7, 11) is -3.50. The van der Waals surface area contributed by atoms with Crippen LogP contribution in [0.15, 0.2) is 0 Å². The van der Waals surface area contributed by atoms with Gasteiger partial charge in [-0.1, -0.05) is 79.1 Å². The highest BCUT2D eigenvalue weighted by Crippen LogP contribution is 2.65. The molecule has 0 bridgehead atoms. The fourth-order valence-corrected chi connectivity index (χ4v) is 13.2. The van der Waals surface area contributed by atoms with Crippen molar-refractivity contribution in [2.45, 2.75) is 207 Å². The Morgan fingerprint density at radius 1 is 0.814 bits per heavy atom. The van der Waals surface area contributed by atoms with Gasteiger partial charge < -0.3 is 9.64 Å². The van der Waals surface area contributed by atoms with Gasteiger partial charge in [0.15, 0.2) is 21.4 Å². The van der Waals surface area contributed by atoms with E-state index in [4.69, 9.17) is 4.74 Å². The predicted octanol–water partition coefficient (Wildman–Crippen LogP) is 8.98. The van der Waals surface area contributed by atoms with Gasteiger partial charge >= 0.3 is 5.97 Å². The zero-order chi connectivity index (χ0) is 43.8. The zero-order valence-corrected chi connectivity index (χ0v) is 38.9. The molecule has 334 valence electrons. The summed E-state index contributed by atoms with van der Waals surface area (Å²) in [6.45, 7) is 17.6. The Labute approximate surface area is 355 Å². The molecular weight excluding hydrogens is 767 g/mol. The average molecular weight is 844 g/mol. The van der Waals surface area contributed by atoms with Crippen LogP contribution >= 0.6 is 0 Å². The van der Waals surface area contributed by atoms with Crippen LogP contribution in [-0.4, -0.2) is 77.0 Å². The summed E-state index contributed by atoms with van der Waals surface area (Å²) < 4.78 is 32.1. The highest BCUT2D eigenvalue weighted by molar-refractivity contribution is 7.92. The van der Waals surface area contributed by atoms with Crippen molar-refractivity contribution < 1.29 is 41.9 Å². The summed E-state index contributed by atoms with van der Waals surface area (Å²) in [4.78, 5) is 85.3. The first-order valence-corrected chi connectivity index (χ1v) is 24.9. The number of hydrogen-bond acceptors (Lipinski definition) is 9. The minimum Gasteiger partial charge on any atom is -0.460 e. The van der Waals surface area contributed by atoms with E-state index in [0.29, 0.717) is 32.2 Å². The number of fused-ring (bicyclic) bond motifs is 1. The molecule has 1 amide bonds. The van der Waals surface area contributed by atoms with E-state index < -0.39 is 66.4 Å². The summed E-state index contributed by atoms with van der Waals surface area (Å²) >= 11 is 0. The van der Waals surface area contributed by atoms with Crippen molar-refractivity contribution >= 4 is 44.8 Å². The maximum Gasteiger partial charge on any atom is 0.306 e. The molecule has 59 heavy (non-hydrogen) atoms. The van der Waals surface area contributed by atoms with Crippen LogP contribution in [0.25, 0.3) is 0 Å². The highest BCUT2D eigenvalue weighted by atomic mass is 32.2. The molecule has 0 radical (unpaired) electrons. The quantitative estimate of drug-likeness (QED) is 0.0815. The van der Waals surface area contributed by atoms with E-state index in [2.05, 4.69) is 20.8 Å². The normalized spacial score (nSPS) is 26.0. The topological polar surface area (TPSA) is 149 Å². The monoisotopic (exact) mass is 844 g/mol. The van der Waals surface area contributed by atoms with E-state index >= 15 is 4.79 Å². The van der Waals surface area contributed by atoms with Gasteiger partial charge in [0.25, 0.3) is 0 Å². The van der Waals surface area contributed by atoms with Crippen LogP contribution in [0.1, 0.15) is 191 Å². The highest BCUT2D eigenvalue weighted by Gasteiger charge is 2.69. The van der Waals surface area contributed by atoms with Crippen LogP contribution in [0.2, 0.25) is 0 Å². The number of nitrogens with zero attached hydrogens (tertiary/aromatic N) is 1. The SMILES string of the molecule is CCC(C)(C)S(=O)(=O)CC1(CC(=O)C[C@H](C(=O)N2CC3[C@@H]([C@H]2C(=O)CC(CC2CC2)C(=O)C(=O)CCCC(=O)OC(C)(C)C)C3(C)C)C2(C)CCCCC2)CCCCC1. The van der Waals surface area contributed by atoms with E-state index in [1.54, 1.807) is 39.5 Å². The number of carbonyl (C=O) groups is 6. The number of piperidine rings is 1. The molecule has 0 spiro atoms. The van der Waals surface area contributed by atoms with Gasteiger partial charge in [0, 0.05) is 44.6 Å². The third-order valence-electron chi connectivity index (χ3n) is 15.7. The Balaban J connectivity index is 1.35. The van der Waals surface area contributed by atoms with Crippen molar-refractivity contribution in [3.63, 3.8) is 0 Å². The van der Waals surface area contributed by atoms with Gasteiger partial charge in [-0.05, 0) is 114 Å². The lowest BCUT2D eigenvalue weighted by atomic mass is 9.64. The summed E-state index contributed by atoms with van der Waals surface area (Å²) in [5, 5.41) is 0. The third kappa shape index (κ3) is 11.3. The lowest BCUT2D eigenvalue weighted by molar-refractivity contribution is -0.155. The molecule has 2 unspecified atom stereocenters. The molecule has 0 aromatic rings. The lowest BCUT2D eigenvalue weighted by Crippen LogP contribution is -2.52. The third-order valence-corrected chi connectivity index (χ3v) is 18.6. The molecule has 10 nitrogen and oxygen atoms in total. The van der Waals surface area contributed by atoms with E-state index in [0.717, 1.165) is 64.2 Å². The van der Waals surface area contributed by atoms with Crippen LogP contribution in [0.3, 0.4) is 0 Å². The number of ketones is 4. The number of carbonyl (C=O) groups excluding carboxylic acids is 6. The van der Waals surface area contributed by atoms with E-state index in [-0.39, 0.29) is 84.9 Å². The number of likely N-dealkylation sites (tertiary alicyclic amines) is 1. The first kappa shape index (κ1) is 47.6. The Hall–Kier alpha value is -2.43. The summed E-state index contributed by atoms with van der Waals surface area (Å²) in [6, 6.07) is -0.727. The van der Waals surface area contributed by atoms with Gasteiger partial charge in [-0.15, -0.1) is 0 Å². The van der Waals surface area contributed by atoms with Crippen LogP contribution in [0.4, 0.5) is 0 Å². The Bertz CT molecular complexity index is 1700. The number of amides is 1. The summed E-state index contributed by atoms with van der Waals surface area (Å²) in [6.07, 6.45) is 11.8. The average Bonchev–Trinajstić information content (AvgIpc) is 4.00.